The molecule has 0 amide bonds. The van der Waals surface area contributed by atoms with Crippen molar-refractivity contribution in [2.75, 3.05) is 27.4 Å². The van der Waals surface area contributed by atoms with E-state index in [1.165, 1.54) is 0 Å². The van der Waals surface area contributed by atoms with Crippen LogP contribution >= 0.6 is 0 Å². The first kappa shape index (κ1) is 13.9. The van der Waals surface area contributed by atoms with E-state index in [1.807, 2.05) is 26.1 Å². The van der Waals surface area contributed by atoms with Crippen molar-refractivity contribution in [2.45, 2.75) is 19.6 Å². The monoisotopic (exact) mass is 240 g/mol. The maximum absolute atomic E-state index is 9.50. The van der Waals surface area contributed by atoms with E-state index >= 15 is 0 Å². The number of aromatic nitrogens is 1. The number of aliphatic hydroxyl groups excluding tert-OH is 1. The molecule has 1 heterocycles. The van der Waals surface area contributed by atoms with Gasteiger partial charge in [0, 0.05) is 19.3 Å². The van der Waals surface area contributed by atoms with E-state index in [1.54, 1.807) is 7.11 Å². The van der Waals surface area contributed by atoms with Gasteiger partial charge in [0.15, 0.2) is 0 Å². The molecule has 5 nitrogen and oxygen atoms in total. The van der Waals surface area contributed by atoms with Gasteiger partial charge in [0.2, 0.25) is 0 Å². The van der Waals surface area contributed by atoms with Crippen LogP contribution in [0.4, 0.5) is 0 Å². The van der Waals surface area contributed by atoms with Gasteiger partial charge in [0.1, 0.15) is 18.5 Å². The van der Waals surface area contributed by atoms with Crippen molar-refractivity contribution in [2.24, 2.45) is 0 Å². The first-order valence-electron chi connectivity index (χ1n) is 5.58. The van der Waals surface area contributed by atoms with E-state index in [-0.39, 0.29) is 13.2 Å². The fourth-order valence-corrected chi connectivity index (χ4v) is 1.45. The van der Waals surface area contributed by atoms with Crippen LogP contribution in [0.2, 0.25) is 0 Å². The Hall–Kier alpha value is -1.17. The molecule has 0 fully saturated rings. The van der Waals surface area contributed by atoms with Gasteiger partial charge in [-0.3, -0.25) is 4.98 Å². The Morgan fingerprint density at radius 2 is 2.18 bits per heavy atom. The summed E-state index contributed by atoms with van der Waals surface area (Å²) >= 11 is 0. The highest BCUT2D eigenvalue weighted by Crippen LogP contribution is 2.16. The zero-order valence-electron chi connectivity index (χ0n) is 10.6. The molecule has 0 aliphatic heterocycles. The first-order valence-corrected chi connectivity index (χ1v) is 5.58. The molecule has 0 radical (unpaired) electrons. The highest BCUT2D eigenvalue weighted by molar-refractivity contribution is 5.29. The van der Waals surface area contributed by atoms with E-state index in [2.05, 4.69) is 10.3 Å². The zero-order valence-corrected chi connectivity index (χ0v) is 10.6. The highest BCUT2D eigenvalue weighted by Gasteiger charge is 2.08. The summed E-state index contributed by atoms with van der Waals surface area (Å²) in [5, 5.41) is 12.5. The molecule has 5 heteroatoms. The van der Waals surface area contributed by atoms with Gasteiger partial charge in [-0.05, 0) is 26.1 Å². The van der Waals surface area contributed by atoms with Gasteiger partial charge in [0.25, 0.3) is 0 Å². The fourth-order valence-electron chi connectivity index (χ4n) is 1.45. The Labute approximate surface area is 102 Å². The highest BCUT2D eigenvalue weighted by atomic mass is 16.5. The Morgan fingerprint density at radius 3 is 2.82 bits per heavy atom. The second kappa shape index (κ2) is 7.21. The first-order chi connectivity index (χ1) is 8.17. The molecule has 96 valence electrons. The third-order valence-electron chi connectivity index (χ3n) is 2.21. The van der Waals surface area contributed by atoms with E-state index in [9.17, 15) is 5.11 Å². The molecule has 1 aromatic heterocycles. The second-order valence-electron chi connectivity index (χ2n) is 3.85. The minimum absolute atomic E-state index is 0.204. The normalized spacial score (nSPS) is 12.5. The van der Waals surface area contributed by atoms with Crippen molar-refractivity contribution in [3.05, 3.63) is 23.5 Å². The van der Waals surface area contributed by atoms with Gasteiger partial charge in [-0.25, -0.2) is 0 Å². The van der Waals surface area contributed by atoms with Crippen LogP contribution in [0.3, 0.4) is 0 Å². The SMILES string of the molecule is CNCc1nc(C)ccc1OCC(O)COC. The molecule has 0 aliphatic carbocycles. The maximum Gasteiger partial charge on any atom is 0.142 e. The number of methoxy groups -OCH3 is 1. The third-order valence-corrected chi connectivity index (χ3v) is 2.21. The quantitative estimate of drug-likeness (QED) is 0.726. The predicted molar refractivity (Wildman–Crippen MR) is 65.1 cm³/mol. The average Bonchev–Trinajstić information content (AvgIpc) is 2.29. The van der Waals surface area contributed by atoms with Crippen LogP contribution in [-0.2, 0) is 11.3 Å². The minimum Gasteiger partial charge on any atom is -0.489 e. The molecule has 0 aliphatic rings. The summed E-state index contributed by atoms with van der Waals surface area (Å²) in [7, 11) is 3.40. The summed E-state index contributed by atoms with van der Waals surface area (Å²) in [5.74, 6) is 0.695. The largest absolute Gasteiger partial charge is 0.489 e. The van der Waals surface area contributed by atoms with Crippen LogP contribution in [0.1, 0.15) is 11.4 Å². The van der Waals surface area contributed by atoms with Crippen molar-refractivity contribution in [3.8, 4) is 5.75 Å². The second-order valence-corrected chi connectivity index (χ2v) is 3.85. The zero-order chi connectivity index (χ0) is 12.7. The number of aryl methyl sites for hydroxylation is 1. The van der Waals surface area contributed by atoms with Crippen LogP contribution in [0, 0.1) is 6.92 Å². The van der Waals surface area contributed by atoms with Gasteiger partial charge in [-0.1, -0.05) is 0 Å². The standard InChI is InChI=1S/C12H20N2O3/c1-9-4-5-12(11(14-9)6-13-2)17-8-10(15)7-16-3/h4-5,10,13,15H,6-8H2,1-3H3. The molecule has 2 N–H and O–H groups in total. The number of hydrogen-bond acceptors (Lipinski definition) is 5. The molecule has 1 atom stereocenters. The van der Waals surface area contributed by atoms with Crippen LogP contribution < -0.4 is 10.1 Å². The molecular weight excluding hydrogens is 220 g/mol. The van der Waals surface area contributed by atoms with E-state index in [4.69, 9.17) is 9.47 Å². The van der Waals surface area contributed by atoms with Crippen molar-refractivity contribution >= 4 is 0 Å². The number of ether oxygens (including phenoxy) is 2. The topological polar surface area (TPSA) is 63.6 Å². The van der Waals surface area contributed by atoms with E-state index in [0.29, 0.717) is 12.3 Å². The molecule has 1 aromatic rings. The molecule has 1 rings (SSSR count). The fraction of sp³-hybridized carbons (Fsp3) is 0.583. The predicted octanol–water partition coefficient (Wildman–Crippen LogP) is 0.496. The maximum atomic E-state index is 9.50. The van der Waals surface area contributed by atoms with Crippen LogP contribution in [0.25, 0.3) is 0 Å². The molecule has 0 spiro atoms. The Kier molecular flexibility index (Phi) is 5.90. The molecule has 0 aromatic carbocycles. The summed E-state index contributed by atoms with van der Waals surface area (Å²) in [6.45, 7) is 3.04. The smallest absolute Gasteiger partial charge is 0.142 e. The van der Waals surface area contributed by atoms with Gasteiger partial charge in [-0.2, -0.15) is 0 Å². The summed E-state index contributed by atoms with van der Waals surface area (Å²) in [4.78, 5) is 4.39. The summed E-state index contributed by atoms with van der Waals surface area (Å²) in [6, 6.07) is 3.76. The molecule has 0 saturated carbocycles. The summed E-state index contributed by atoms with van der Waals surface area (Å²) in [6.07, 6.45) is -0.622. The van der Waals surface area contributed by atoms with Crippen LogP contribution in [0.15, 0.2) is 12.1 Å². The van der Waals surface area contributed by atoms with Crippen molar-refractivity contribution in [1.29, 1.82) is 0 Å². The molecular formula is C12H20N2O3. The average molecular weight is 240 g/mol. The number of aliphatic hydroxyl groups is 1. The number of hydrogen-bond donors (Lipinski definition) is 2. The molecule has 0 saturated heterocycles. The summed E-state index contributed by atoms with van der Waals surface area (Å²) < 4.78 is 10.4. The number of rotatable bonds is 7. The van der Waals surface area contributed by atoms with Gasteiger partial charge in [0.05, 0.1) is 12.3 Å². The van der Waals surface area contributed by atoms with Crippen LogP contribution in [0.5, 0.6) is 5.75 Å². The molecule has 1 unspecified atom stereocenters. The molecule has 17 heavy (non-hydrogen) atoms. The van der Waals surface area contributed by atoms with E-state index in [0.717, 1.165) is 11.4 Å². The van der Waals surface area contributed by atoms with Crippen molar-refractivity contribution < 1.29 is 14.6 Å². The number of pyridine rings is 1. The van der Waals surface area contributed by atoms with Gasteiger partial charge < -0.3 is 19.9 Å². The lowest BCUT2D eigenvalue weighted by Gasteiger charge is -2.14. The number of nitrogens with one attached hydrogen (secondary N) is 1. The Bertz CT molecular complexity index is 345. The Balaban J connectivity index is 2.62. The third kappa shape index (κ3) is 4.68. The minimum atomic E-state index is -0.622. The lowest BCUT2D eigenvalue weighted by atomic mass is 10.3. The van der Waals surface area contributed by atoms with Crippen LogP contribution in [-0.4, -0.2) is 43.6 Å². The summed E-state index contributed by atoms with van der Waals surface area (Å²) in [5.41, 5.74) is 1.79. The van der Waals surface area contributed by atoms with Crippen molar-refractivity contribution in [3.63, 3.8) is 0 Å². The lowest BCUT2D eigenvalue weighted by Crippen LogP contribution is -2.23. The molecule has 0 bridgehead atoms. The number of nitrogens with zero attached hydrogens (tertiary/aromatic N) is 1. The van der Waals surface area contributed by atoms with E-state index < -0.39 is 6.10 Å². The van der Waals surface area contributed by atoms with Gasteiger partial charge in [-0.15, -0.1) is 0 Å². The Morgan fingerprint density at radius 1 is 1.41 bits per heavy atom. The van der Waals surface area contributed by atoms with Gasteiger partial charge >= 0.3 is 0 Å². The van der Waals surface area contributed by atoms with Crippen molar-refractivity contribution in [1.82, 2.24) is 10.3 Å². The lowest BCUT2D eigenvalue weighted by molar-refractivity contribution is 0.0322.